The molecule has 2 atom stereocenters. The molecule has 1 fully saturated rings. The van der Waals surface area contributed by atoms with Crippen LogP contribution in [0.2, 0.25) is 5.02 Å². The molecule has 2 aromatic rings. The van der Waals surface area contributed by atoms with Crippen LogP contribution in [0.15, 0.2) is 48.5 Å². The van der Waals surface area contributed by atoms with Gasteiger partial charge in [-0.15, -0.1) is 0 Å². The molecule has 0 bridgehead atoms. The highest BCUT2D eigenvalue weighted by Crippen LogP contribution is 2.40. The monoisotopic (exact) mass is 328 g/mol. The van der Waals surface area contributed by atoms with Crippen LogP contribution in [0.3, 0.4) is 0 Å². The van der Waals surface area contributed by atoms with Gasteiger partial charge in [-0.3, -0.25) is 9.59 Å². The third-order valence-corrected chi connectivity index (χ3v) is 4.15. The molecule has 4 nitrogen and oxygen atoms in total. The largest absolute Gasteiger partial charge is 0.326 e. The lowest BCUT2D eigenvalue weighted by Gasteiger charge is -2.06. The van der Waals surface area contributed by atoms with Crippen molar-refractivity contribution >= 4 is 34.8 Å². The summed E-state index contributed by atoms with van der Waals surface area (Å²) in [7, 11) is 0. The fourth-order valence-electron chi connectivity index (χ4n) is 2.41. The minimum absolute atomic E-state index is 0.106. The highest BCUT2D eigenvalue weighted by atomic mass is 35.5. The van der Waals surface area contributed by atoms with Gasteiger partial charge < -0.3 is 10.6 Å². The van der Waals surface area contributed by atoms with Gasteiger partial charge >= 0.3 is 0 Å². The van der Waals surface area contributed by atoms with Crippen molar-refractivity contribution in [3.8, 4) is 0 Å². The normalized spacial score (nSPS) is 19.0. The molecule has 5 heteroatoms. The second-order valence-corrected chi connectivity index (χ2v) is 6.24. The lowest BCUT2D eigenvalue weighted by Crippen LogP contribution is -2.20. The summed E-state index contributed by atoms with van der Waals surface area (Å²) in [6.07, 6.45) is 0.580. The summed E-state index contributed by atoms with van der Waals surface area (Å²) < 4.78 is 0. The van der Waals surface area contributed by atoms with E-state index in [2.05, 4.69) is 10.6 Å². The number of nitrogens with one attached hydrogen (secondary N) is 2. The Bertz CT molecular complexity index is 662. The number of amides is 2. The molecule has 2 N–H and O–H groups in total. The zero-order valence-corrected chi connectivity index (χ0v) is 13.4. The SMILES string of the molecule is Cc1ccc(NC(=O)C2CC2C(=O)Nc2ccc(Cl)cc2)cc1. The van der Waals surface area contributed by atoms with Gasteiger partial charge in [-0.1, -0.05) is 29.3 Å². The second kappa shape index (κ2) is 6.42. The first-order valence-electron chi connectivity index (χ1n) is 7.47. The third-order valence-electron chi connectivity index (χ3n) is 3.89. The van der Waals surface area contributed by atoms with Gasteiger partial charge in [0.05, 0.1) is 11.8 Å². The number of carbonyl (C=O) groups is 2. The molecular formula is C18H17ClN2O2. The van der Waals surface area contributed by atoms with E-state index in [1.165, 1.54) is 0 Å². The maximum absolute atomic E-state index is 12.2. The summed E-state index contributed by atoms with van der Waals surface area (Å²) >= 11 is 5.81. The van der Waals surface area contributed by atoms with E-state index in [1.54, 1.807) is 24.3 Å². The predicted molar refractivity (Wildman–Crippen MR) is 91.5 cm³/mol. The summed E-state index contributed by atoms with van der Waals surface area (Å²) in [5.74, 6) is -0.763. The van der Waals surface area contributed by atoms with Gasteiger partial charge in [0, 0.05) is 16.4 Å². The van der Waals surface area contributed by atoms with E-state index >= 15 is 0 Å². The third kappa shape index (κ3) is 3.90. The van der Waals surface area contributed by atoms with Gasteiger partial charge in [-0.25, -0.2) is 0 Å². The summed E-state index contributed by atoms with van der Waals surface area (Å²) in [6.45, 7) is 1.99. The summed E-state index contributed by atoms with van der Waals surface area (Å²) in [6, 6.07) is 14.5. The maximum atomic E-state index is 12.2. The van der Waals surface area contributed by atoms with Gasteiger partial charge in [0.15, 0.2) is 0 Å². The van der Waals surface area contributed by atoms with Crippen LogP contribution < -0.4 is 10.6 Å². The van der Waals surface area contributed by atoms with E-state index in [-0.39, 0.29) is 23.7 Å². The Labute approximate surface area is 139 Å². The first-order chi connectivity index (χ1) is 11.0. The number of halogens is 1. The number of hydrogen-bond donors (Lipinski definition) is 2. The summed E-state index contributed by atoms with van der Waals surface area (Å²) in [5, 5.41) is 6.28. The van der Waals surface area contributed by atoms with Gasteiger partial charge in [-0.2, -0.15) is 0 Å². The molecule has 1 saturated carbocycles. The fourth-order valence-corrected chi connectivity index (χ4v) is 2.54. The standard InChI is InChI=1S/C18H17ClN2O2/c1-11-2-6-13(7-3-11)20-17(22)15-10-16(15)18(23)21-14-8-4-12(19)5-9-14/h2-9,15-16H,10H2,1H3,(H,20,22)(H,21,23). The van der Waals surface area contributed by atoms with Crippen molar-refractivity contribution in [3.63, 3.8) is 0 Å². The average molecular weight is 329 g/mol. The molecule has 2 amide bonds. The maximum Gasteiger partial charge on any atom is 0.228 e. The molecule has 0 spiro atoms. The van der Waals surface area contributed by atoms with Crippen molar-refractivity contribution in [1.82, 2.24) is 0 Å². The Morgan fingerprint density at radius 1 is 0.870 bits per heavy atom. The zero-order valence-electron chi connectivity index (χ0n) is 12.7. The average Bonchev–Trinajstić information content (AvgIpc) is 3.33. The Balaban J connectivity index is 1.53. The van der Waals surface area contributed by atoms with E-state index in [0.29, 0.717) is 17.1 Å². The molecule has 0 saturated heterocycles. The Morgan fingerprint density at radius 3 is 1.78 bits per heavy atom. The molecule has 1 aliphatic rings. The van der Waals surface area contributed by atoms with Crippen LogP contribution in [0.1, 0.15) is 12.0 Å². The minimum Gasteiger partial charge on any atom is -0.326 e. The molecule has 2 unspecified atom stereocenters. The molecule has 2 aromatic carbocycles. The van der Waals surface area contributed by atoms with Crippen molar-refractivity contribution in [1.29, 1.82) is 0 Å². The number of aryl methyl sites for hydroxylation is 1. The Kier molecular flexibility index (Phi) is 4.35. The van der Waals surface area contributed by atoms with Crippen LogP contribution in [0, 0.1) is 18.8 Å². The van der Waals surface area contributed by atoms with E-state index in [1.807, 2.05) is 31.2 Å². The highest BCUT2D eigenvalue weighted by Gasteiger charge is 2.48. The molecule has 23 heavy (non-hydrogen) atoms. The second-order valence-electron chi connectivity index (χ2n) is 5.80. The number of benzene rings is 2. The number of carbonyl (C=O) groups excluding carboxylic acids is 2. The van der Waals surface area contributed by atoms with Gasteiger partial charge in [0.2, 0.25) is 11.8 Å². The molecule has 3 rings (SSSR count). The van der Waals surface area contributed by atoms with E-state index in [9.17, 15) is 9.59 Å². The topological polar surface area (TPSA) is 58.2 Å². The van der Waals surface area contributed by atoms with Gasteiger partial charge in [0.1, 0.15) is 0 Å². The van der Waals surface area contributed by atoms with Crippen LogP contribution in [-0.4, -0.2) is 11.8 Å². The first kappa shape index (κ1) is 15.6. The molecule has 1 aliphatic carbocycles. The Morgan fingerprint density at radius 2 is 1.30 bits per heavy atom. The molecule has 0 radical (unpaired) electrons. The molecule has 0 aromatic heterocycles. The highest BCUT2D eigenvalue weighted by molar-refractivity contribution is 6.30. The van der Waals surface area contributed by atoms with Gasteiger partial charge in [-0.05, 0) is 49.7 Å². The quantitative estimate of drug-likeness (QED) is 0.895. The molecular weight excluding hydrogens is 312 g/mol. The predicted octanol–water partition coefficient (Wildman–Crippen LogP) is 3.86. The molecule has 0 aliphatic heterocycles. The summed E-state index contributed by atoms with van der Waals surface area (Å²) in [5.41, 5.74) is 2.57. The van der Waals surface area contributed by atoms with Crippen molar-refractivity contribution in [2.24, 2.45) is 11.8 Å². The van der Waals surface area contributed by atoms with Crippen LogP contribution in [0.25, 0.3) is 0 Å². The smallest absolute Gasteiger partial charge is 0.228 e. The number of anilines is 2. The number of rotatable bonds is 4. The van der Waals surface area contributed by atoms with Crippen molar-refractivity contribution in [2.45, 2.75) is 13.3 Å². The first-order valence-corrected chi connectivity index (χ1v) is 7.85. The van der Waals surface area contributed by atoms with Crippen molar-refractivity contribution in [3.05, 3.63) is 59.1 Å². The fraction of sp³-hybridized carbons (Fsp3) is 0.222. The van der Waals surface area contributed by atoms with Crippen LogP contribution in [0.5, 0.6) is 0 Å². The van der Waals surface area contributed by atoms with Crippen LogP contribution in [-0.2, 0) is 9.59 Å². The van der Waals surface area contributed by atoms with E-state index in [4.69, 9.17) is 11.6 Å². The Hall–Kier alpha value is -2.33. The lowest BCUT2D eigenvalue weighted by molar-refractivity contribution is -0.122. The molecule has 118 valence electrons. The van der Waals surface area contributed by atoms with Gasteiger partial charge in [0.25, 0.3) is 0 Å². The summed E-state index contributed by atoms with van der Waals surface area (Å²) in [4.78, 5) is 24.3. The van der Waals surface area contributed by atoms with Crippen molar-refractivity contribution in [2.75, 3.05) is 10.6 Å². The van der Waals surface area contributed by atoms with E-state index < -0.39 is 0 Å². The lowest BCUT2D eigenvalue weighted by atomic mass is 10.2. The van der Waals surface area contributed by atoms with Crippen LogP contribution in [0.4, 0.5) is 11.4 Å². The van der Waals surface area contributed by atoms with Crippen LogP contribution >= 0.6 is 11.6 Å². The zero-order chi connectivity index (χ0) is 16.4. The molecule has 0 heterocycles. The van der Waals surface area contributed by atoms with Crippen molar-refractivity contribution < 1.29 is 9.59 Å². The van der Waals surface area contributed by atoms with E-state index in [0.717, 1.165) is 11.3 Å². The minimum atomic E-state index is -0.267. The number of hydrogen-bond acceptors (Lipinski definition) is 2.